The number of amides is 1. The second kappa shape index (κ2) is 9.24. The summed E-state index contributed by atoms with van der Waals surface area (Å²) in [6.45, 7) is 11.8. The second-order valence-electron chi connectivity index (χ2n) is 8.13. The maximum Gasteiger partial charge on any atom is 0.243 e. The van der Waals surface area contributed by atoms with E-state index >= 15 is 0 Å². The summed E-state index contributed by atoms with van der Waals surface area (Å²) < 4.78 is 11.3. The lowest BCUT2D eigenvalue weighted by molar-refractivity contribution is -0.130. The standard InChI is InChI=1S/C22H31N3O3S/c1-13(2)20(25-10-15(4)28-16(5)11-25)21(26)24-22-23-18(12-29-22)17-9-14(3)7-8-19(17)27-6/h7-9,12-13,15-16,20H,10-11H2,1-6H3,(H,23,24,26). The second-order valence-corrected chi connectivity index (χ2v) is 8.99. The van der Waals surface area contributed by atoms with E-state index in [0.717, 1.165) is 35.7 Å². The van der Waals surface area contributed by atoms with E-state index < -0.39 is 0 Å². The summed E-state index contributed by atoms with van der Waals surface area (Å²) in [7, 11) is 1.65. The van der Waals surface area contributed by atoms with Crippen LogP contribution in [0.15, 0.2) is 23.6 Å². The molecule has 3 unspecified atom stereocenters. The summed E-state index contributed by atoms with van der Waals surface area (Å²) in [6.07, 6.45) is 0.237. The average molecular weight is 418 g/mol. The van der Waals surface area contributed by atoms with Crippen LogP contribution in [0.2, 0.25) is 0 Å². The number of thiazole rings is 1. The molecule has 7 heteroatoms. The first kappa shape index (κ1) is 21.7. The average Bonchev–Trinajstić information content (AvgIpc) is 3.08. The Morgan fingerprint density at radius 3 is 2.62 bits per heavy atom. The lowest BCUT2D eigenvalue weighted by Gasteiger charge is -2.40. The minimum atomic E-state index is -0.218. The molecule has 0 bridgehead atoms. The van der Waals surface area contributed by atoms with E-state index in [4.69, 9.17) is 9.47 Å². The topological polar surface area (TPSA) is 63.7 Å². The molecule has 158 valence electrons. The predicted octanol–water partition coefficient (Wildman–Crippen LogP) is 4.20. The molecule has 29 heavy (non-hydrogen) atoms. The Hall–Kier alpha value is -1.96. The number of hydrogen-bond donors (Lipinski definition) is 1. The molecule has 0 radical (unpaired) electrons. The van der Waals surface area contributed by atoms with E-state index in [-0.39, 0.29) is 30.1 Å². The van der Waals surface area contributed by atoms with Crippen LogP contribution in [0.4, 0.5) is 5.13 Å². The number of nitrogens with one attached hydrogen (secondary N) is 1. The van der Waals surface area contributed by atoms with Crippen molar-refractivity contribution in [1.29, 1.82) is 0 Å². The van der Waals surface area contributed by atoms with E-state index in [2.05, 4.69) is 42.9 Å². The molecular weight excluding hydrogens is 386 g/mol. The van der Waals surface area contributed by atoms with E-state index in [0.29, 0.717) is 5.13 Å². The fourth-order valence-electron chi connectivity index (χ4n) is 3.99. The summed E-state index contributed by atoms with van der Waals surface area (Å²) in [6, 6.07) is 5.78. The SMILES string of the molecule is COc1ccc(C)cc1-c1csc(NC(=O)C(C(C)C)N2CC(C)OC(C)C2)n1. The van der Waals surface area contributed by atoms with Gasteiger partial charge in [-0.05, 0) is 38.8 Å². The zero-order valence-electron chi connectivity index (χ0n) is 18.1. The Labute approximate surface area is 177 Å². The Bertz CT molecular complexity index is 842. The number of aromatic nitrogens is 1. The number of benzene rings is 1. The molecule has 1 fully saturated rings. The zero-order chi connectivity index (χ0) is 21.1. The van der Waals surface area contributed by atoms with Crippen molar-refractivity contribution in [3.8, 4) is 17.0 Å². The summed E-state index contributed by atoms with van der Waals surface area (Å²) in [5, 5.41) is 5.60. The summed E-state index contributed by atoms with van der Waals surface area (Å²) in [5.74, 6) is 0.942. The van der Waals surface area contributed by atoms with Gasteiger partial charge in [0.15, 0.2) is 5.13 Å². The lowest BCUT2D eigenvalue weighted by Crippen LogP contribution is -2.55. The molecule has 1 aromatic heterocycles. The monoisotopic (exact) mass is 417 g/mol. The van der Waals surface area contributed by atoms with Crippen molar-refractivity contribution in [2.75, 3.05) is 25.5 Å². The Balaban J connectivity index is 1.77. The molecule has 1 N–H and O–H groups in total. The van der Waals surface area contributed by atoms with Crippen LogP contribution >= 0.6 is 11.3 Å². The first-order valence-corrected chi connectivity index (χ1v) is 11.0. The van der Waals surface area contributed by atoms with Crippen LogP contribution in [0.3, 0.4) is 0 Å². The van der Waals surface area contributed by atoms with Gasteiger partial charge in [0.05, 0.1) is 31.1 Å². The van der Waals surface area contributed by atoms with E-state index in [1.807, 2.05) is 30.5 Å². The highest BCUT2D eigenvalue weighted by atomic mass is 32.1. The maximum absolute atomic E-state index is 13.1. The van der Waals surface area contributed by atoms with Crippen molar-refractivity contribution in [1.82, 2.24) is 9.88 Å². The normalized spacial score (nSPS) is 21.2. The molecule has 0 saturated carbocycles. The Kier molecular flexibility index (Phi) is 6.93. The highest BCUT2D eigenvalue weighted by Gasteiger charge is 2.34. The number of hydrogen-bond acceptors (Lipinski definition) is 6. The van der Waals surface area contributed by atoms with Crippen molar-refractivity contribution < 1.29 is 14.3 Å². The molecule has 1 aliphatic rings. The molecule has 1 saturated heterocycles. The number of carbonyl (C=O) groups excluding carboxylic acids is 1. The molecule has 6 nitrogen and oxygen atoms in total. The number of morpholine rings is 1. The van der Waals surface area contributed by atoms with Crippen LogP contribution in [0.25, 0.3) is 11.3 Å². The van der Waals surface area contributed by atoms with Gasteiger partial charge in [-0.15, -0.1) is 11.3 Å². The van der Waals surface area contributed by atoms with Crippen LogP contribution in [-0.4, -0.2) is 54.2 Å². The number of anilines is 1. The van der Waals surface area contributed by atoms with Gasteiger partial charge in [0.1, 0.15) is 5.75 Å². The molecule has 1 aliphatic heterocycles. The number of methoxy groups -OCH3 is 1. The van der Waals surface area contributed by atoms with Crippen LogP contribution in [-0.2, 0) is 9.53 Å². The van der Waals surface area contributed by atoms with Gasteiger partial charge in [-0.25, -0.2) is 4.98 Å². The third-order valence-electron chi connectivity index (χ3n) is 5.11. The number of rotatable bonds is 6. The maximum atomic E-state index is 13.1. The van der Waals surface area contributed by atoms with Crippen molar-refractivity contribution in [2.24, 2.45) is 5.92 Å². The number of carbonyl (C=O) groups is 1. The minimum absolute atomic E-state index is 0.0154. The predicted molar refractivity (Wildman–Crippen MR) is 118 cm³/mol. The van der Waals surface area contributed by atoms with Gasteiger partial charge in [0.25, 0.3) is 0 Å². The van der Waals surface area contributed by atoms with E-state index in [9.17, 15) is 4.79 Å². The molecule has 1 aromatic carbocycles. The van der Waals surface area contributed by atoms with Crippen molar-refractivity contribution in [3.63, 3.8) is 0 Å². The van der Waals surface area contributed by atoms with Crippen LogP contribution in [0.1, 0.15) is 33.3 Å². The van der Waals surface area contributed by atoms with Crippen LogP contribution in [0.5, 0.6) is 5.75 Å². The molecule has 2 heterocycles. The van der Waals surface area contributed by atoms with Crippen molar-refractivity contribution in [3.05, 3.63) is 29.1 Å². The number of aryl methyl sites for hydroxylation is 1. The summed E-state index contributed by atoms with van der Waals surface area (Å²) in [4.78, 5) is 20.0. The molecule has 3 atom stereocenters. The molecule has 2 aromatic rings. The van der Waals surface area contributed by atoms with Gasteiger partial charge in [0, 0.05) is 24.0 Å². The zero-order valence-corrected chi connectivity index (χ0v) is 18.9. The molecule has 0 spiro atoms. The molecule has 0 aliphatic carbocycles. The van der Waals surface area contributed by atoms with Gasteiger partial charge in [-0.1, -0.05) is 25.5 Å². The largest absolute Gasteiger partial charge is 0.496 e. The molecule has 1 amide bonds. The van der Waals surface area contributed by atoms with Crippen molar-refractivity contribution in [2.45, 2.75) is 52.9 Å². The van der Waals surface area contributed by atoms with E-state index in [1.54, 1.807) is 7.11 Å². The first-order valence-electron chi connectivity index (χ1n) is 10.1. The van der Waals surface area contributed by atoms with Crippen LogP contribution < -0.4 is 10.1 Å². The summed E-state index contributed by atoms with van der Waals surface area (Å²) >= 11 is 1.43. The molecule has 3 rings (SSSR count). The fraction of sp³-hybridized carbons (Fsp3) is 0.545. The summed E-state index contributed by atoms with van der Waals surface area (Å²) in [5.41, 5.74) is 2.87. The highest BCUT2D eigenvalue weighted by molar-refractivity contribution is 7.14. The van der Waals surface area contributed by atoms with Crippen molar-refractivity contribution >= 4 is 22.4 Å². The van der Waals surface area contributed by atoms with Gasteiger partial charge in [-0.2, -0.15) is 0 Å². The highest BCUT2D eigenvalue weighted by Crippen LogP contribution is 2.33. The quantitative estimate of drug-likeness (QED) is 0.763. The number of nitrogens with zero attached hydrogens (tertiary/aromatic N) is 2. The Morgan fingerprint density at radius 2 is 2.00 bits per heavy atom. The van der Waals surface area contributed by atoms with Gasteiger partial charge in [0.2, 0.25) is 5.91 Å². The third kappa shape index (κ3) is 5.15. The first-order chi connectivity index (χ1) is 13.8. The Morgan fingerprint density at radius 1 is 1.31 bits per heavy atom. The molecular formula is C22H31N3O3S. The fourth-order valence-corrected chi connectivity index (χ4v) is 4.70. The lowest BCUT2D eigenvalue weighted by atomic mass is 10.00. The van der Waals surface area contributed by atoms with Crippen LogP contribution in [0, 0.1) is 12.8 Å². The number of ether oxygens (including phenoxy) is 2. The van der Waals surface area contributed by atoms with Gasteiger partial charge < -0.3 is 14.8 Å². The smallest absolute Gasteiger partial charge is 0.243 e. The minimum Gasteiger partial charge on any atom is -0.496 e. The van der Waals surface area contributed by atoms with E-state index in [1.165, 1.54) is 11.3 Å². The third-order valence-corrected chi connectivity index (χ3v) is 5.86. The van der Waals surface area contributed by atoms with Gasteiger partial charge in [-0.3, -0.25) is 9.69 Å². The van der Waals surface area contributed by atoms with Gasteiger partial charge >= 0.3 is 0 Å².